The zero-order chi connectivity index (χ0) is 24.1. The van der Waals surface area contributed by atoms with Gasteiger partial charge in [0.1, 0.15) is 16.6 Å². The molecule has 4 aromatic rings. The Bertz CT molecular complexity index is 1380. The fraction of sp³-hybridized carbons (Fsp3) is 0.192. The summed E-state index contributed by atoms with van der Waals surface area (Å²) in [5.74, 6) is -1.08. The third-order valence-electron chi connectivity index (χ3n) is 5.54. The number of sulfonamides is 1. The van der Waals surface area contributed by atoms with Gasteiger partial charge in [-0.25, -0.2) is 12.8 Å². The minimum Gasteiger partial charge on any atom is -0.354 e. The Morgan fingerprint density at radius 1 is 1.00 bits per heavy atom. The Kier molecular flexibility index (Phi) is 7.29. The highest BCUT2D eigenvalue weighted by Gasteiger charge is 2.29. The molecule has 0 saturated heterocycles. The van der Waals surface area contributed by atoms with Crippen molar-refractivity contribution >= 4 is 43.7 Å². The van der Waals surface area contributed by atoms with Crippen LogP contribution >= 0.6 is 11.3 Å². The highest BCUT2D eigenvalue weighted by Crippen LogP contribution is 2.28. The first-order chi connectivity index (χ1) is 16.4. The number of halogens is 1. The molecule has 34 heavy (non-hydrogen) atoms. The smallest absolute Gasteiger partial charge is 0.274 e. The molecule has 0 radical (unpaired) electrons. The molecule has 1 unspecified atom stereocenters. The maximum atomic E-state index is 14.5. The van der Waals surface area contributed by atoms with Crippen LogP contribution in [0.5, 0.6) is 0 Å². The fourth-order valence-corrected chi connectivity index (χ4v) is 6.40. The van der Waals surface area contributed by atoms with Gasteiger partial charge in [-0.3, -0.25) is 9.10 Å². The summed E-state index contributed by atoms with van der Waals surface area (Å²) in [5, 5.41) is 6.79. The Balaban J connectivity index is 1.46. The van der Waals surface area contributed by atoms with Gasteiger partial charge in [-0.2, -0.15) is 0 Å². The van der Waals surface area contributed by atoms with Crippen LogP contribution < -0.4 is 9.62 Å². The molecule has 4 rings (SSSR count). The minimum absolute atomic E-state index is 0.0490. The monoisotopic (exact) mass is 496 g/mol. The van der Waals surface area contributed by atoms with Crippen LogP contribution in [-0.4, -0.2) is 27.4 Å². The van der Waals surface area contributed by atoms with E-state index in [0.29, 0.717) is 6.54 Å². The van der Waals surface area contributed by atoms with Crippen molar-refractivity contribution in [3.8, 4) is 0 Å². The van der Waals surface area contributed by atoms with Crippen molar-refractivity contribution < 1.29 is 17.6 Å². The second-order valence-corrected chi connectivity index (χ2v) is 11.2. The van der Waals surface area contributed by atoms with Gasteiger partial charge in [0.05, 0.1) is 5.69 Å². The highest BCUT2D eigenvalue weighted by molar-refractivity contribution is 7.94. The molecule has 0 fully saturated rings. The largest absolute Gasteiger partial charge is 0.354 e. The van der Waals surface area contributed by atoms with Crippen LogP contribution in [0.25, 0.3) is 10.8 Å². The first-order valence-corrected chi connectivity index (χ1v) is 13.2. The Labute approximate surface area is 202 Å². The van der Waals surface area contributed by atoms with E-state index in [4.69, 9.17) is 0 Å². The number of para-hydroxylation sites is 1. The number of carbonyl (C=O) groups excluding carboxylic acids is 1. The molecular weight excluding hydrogens is 471 g/mol. The number of rotatable bonds is 9. The molecule has 3 aromatic carbocycles. The number of fused-ring (bicyclic) bond motifs is 1. The standard InChI is InChI=1S/C26H25FN2O3S2/c1-19(16-21-10-6-9-20-8-2-3-11-22(20)21)17-28-25(30)18-29(24-13-5-4-12-23(24)27)34(31,32)26-14-7-15-33-26/h2-15,19H,16-18H2,1H3,(H,28,30). The van der Waals surface area contributed by atoms with Crippen molar-refractivity contribution in [2.45, 2.75) is 17.6 Å². The predicted octanol–water partition coefficient (Wildman–Crippen LogP) is 5.23. The Morgan fingerprint density at radius 2 is 1.74 bits per heavy atom. The van der Waals surface area contributed by atoms with Crippen LogP contribution in [0.3, 0.4) is 0 Å². The van der Waals surface area contributed by atoms with Crippen molar-refractivity contribution in [2.24, 2.45) is 5.92 Å². The number of benzene rings is 3. The lowest BCUT2D eigenvalue weighted by atomic mass is 9.96. The maximum absolute atomic E-state index is 14.5. The molecule has 5 nitrogen and oxygen atoms in total. The Hall–Kier alpha value is -3.23. The number of thiophene rings is 1. The van der Waals surface area contributed by atoms with Crippen LogP contribution in [0, 0.1) is 11.7 Å². The first-order valence-electron chi connectivity index (χ1n) is 10.9. The van der Waals surface area contributed by atoms with Crippen LogP contribution in [0.2, 0.25) is 0 Å². The summed E-state index contributed by atoms with van der Waals surface area (Å²) in [6.07, 6.45) is 0.756. The van der Waals surface area contributed by atoms with Crippen LogP contribution in [0.15, 0.2) is 88.5 Å². The topological polar surface area (TPSA) is 66.5 Å². The van der Waals surface area contributed by atoms with Gasteiger partial charge < -0.3 is 5.32 Å². The molecule has 8 heteroatoms. The zero-order valence-corrected chi connectivity index (χ0v) is 20.3. The normalized spacial score (nSPS) is 12.4. The summed E-state index contributed by atoms with van der Waals surface area (Å²) in [6.45, 7) is 1.88. The summed E-state index contributed by atoms with van der Waals surface area (Å²) in [6, 6.07) is 22.9. The van der Waals surface area contributed by atoms with Crippen molar-refractivity contribution in [3.05, 3.63) is 95.6 Å². The summed E-state index contributed by atoms with van der Waals surface area (Å²) >= 11 is 1.02. The summed E-state index contributed by atoms with van der Waals surface area (Å²) in [5.41, 5.74) is 1.03. The van der Waals surface area contributed by atoms with Crippen LogP contribution in [0.4, 0.5) is 10.1 Å². The van der Waals surface area contributed by atoms with E-state index >= 15 is 0 Å². The van der Waals surface area contributed by atoms with Gasteiger partial charge in [-0.15, -0.1) is 11.3 Å². The van der Waals surface area contributed by atoms with E-state index in [0.717, 1.165) is 27.4 Å². The maximum Gasteiger partial charge on any atom is 0.274 e. The van der Waals surface area contributed by atoms with E-state index in [2.05, 4.69) is 29.6 Å². The molecule has 0 saturated carbocycles. The number of carbonyl (C=O) groups is 1. The molecule has 0 bridgehead atoms. The van der Waals surface area contributed by atoms with E-state index in [1.54, 1.807) is 17.5 Å². The number of hydrogen-bond acceptors (Lipinski definition) is 4. The molecule has 1 amide bonds. The third-order valence-corrected chi connectivity index (χ3v) is 8.68. The van der Waals surface area contributed by atoms with E-state index in [-0.39, 0.29) is 15.8 Å². The number of anilines is 1. The summed E-state index contributed by atoms with van der Waals surface area (Å²) < 4.78 is 41.7. The second-order valence-electron chi connectivity index (χ2n) is 8.15. The SMILES string of the molecule is CC(CNC(=O)CN(c1ccccc1F)S(=O)(=O)c1cccs1)Cc1cccc2ccccc12. The molecule has 0 aliphatic carbocycles. The van der Waals surface area contributed by atoms with Crippen LogP contribution in [0.1, 0.15) is 12.5 Å². The van der Waals surface area contributed by atoms with Gasteiger partial charge >= 0.3 is 0 Å². The molecule has 1 N–H and O–H groups in total. The van der Waals surface area contributed by atoms with Gasteiger partial charge in [0.25, 0.3) is 10.0 Å². The first kappa shape index (κ1) is 23.9. The average molecular weight is 497 g/mol. The quantitative estimate of drug-likeness (QED) is 0.345. The van der Waals surface area contributed by atoms with E-state index < -0.39 is 28.3 Å². The Morgan fingerprint density at radius 3 is 2.50 bits per heavy atom. The van der Waals surface area contributed by atoms with Gasteiger partial charge in [0, 0.05) is 6.54 Å². The highest BCUT2D eigenvalue weighted by atomic mass is 32.2. The summed E-state index contributed by atoms with van der Waals surface area (Å²) in [7, 11) is -4.09. The fourth-order valence-electron chi connectivity index (χ4n) is 3.86. The predicted molar refractivity (Wildman–Crippen MR) is 135 cm³/mol. The van der Waals surface area contributed by atoms with Gasteiger partial charge in [0.15, 0.2) is 0 Å². The molecule has 1 heterocycles. The second kappa shape index (κ2) is 10.4. The molecule has 1 atom stereocenters. The number of nitrogens with one attached hydrogen (secondary N) is 1. The van der Waals surface area contributed by atoms with Gasteiger partial charge in [0.2, 0.25) is 5.91 Å². The lowest BCUT2D eigenvalue weighted by Gasteiger charge is -2.24. The lowest BCUT2D eigenvalue weighted by Crippen LogP contribution is -2.42. The average Bonchev–Trinajstić information content (AvgIpc) is 3.38. The number of amides is 1. The molecule has 0 aliphatic rings. The van der Waals surface area contributed by atoms with Gasteiger partial charge in [-0.05, 0) is 52.3 Å². The summed E-state index contributed by atoms with van der Waals surface area (Å²) in [4.78, 5) is 12.8. The van der Waals surface area contributed by atoms with Crippen molar-refractivity contribution in [1.29, 1.82) is 0 Å². The van der Waals surface area contributed by atoms with Gasteiger partial charge in [-0.1, -0.05) is 67.6 Å². The lowest BCUT2D eigenvalue weighted by molar-refractivity contribution is -0.119. The molecule has 1 aromatic heterocycles. The number of nitrogens with zero attached hydrogens (tertiary/aromatic N) is 1. The van der Waals surface area contributed by atoms with E-state index in [1.807, 2.05) is 25.1 Å². The van der Waals surface area contributed by atoms with E-state index in [9.17, 15) is 17.6 Å². The number of hydrogen-bond donors (Lipinski definition) is 1. The van der Waals surface area contributed by atoms with Crippen molar-refractivity contribution in [3.63, 3.8) is 0 Å². The van der Waals surface area contributed by atoms with Crippen molar-refractivity contribution in [2.75, 3.05) is 17.4 Å². The molecule has 0 spiro atoms. The third kappa shape index (κ3) is 5.29. The van der Waals surface area contributed by atoms with Crippen LogP contribution in [-0.2, 0) is 21.2 Å². The molecular formula is C26H25FN2O3S2. The van der Waals surface area contributed by atoms with E-state index in [1.165, 1.54) is 35.2 Å². The van der Waals surface area contributed by atoms with Crippen molar-refractivity contribution in [1.82, 2.24) is 5.32 Å². The molecule has 176 valence electrons. The minimum atomic E-state index is -4.09. The zero-order valence-electron chi connectivity index (χ0n) is 18.6. The molecule has 0 aliphatic heterocycles.